The first-order chi connectivity index (χ1) is 9.88. The molecule has 126 valence electrons. The SMILES string of the molecule is Cc1nn(C(F)F)c(C)c1CC(=O)NC1(CN)CCCC1.Cl. The second-order valence-corrected chi connectivity index (χ2v) is 5.79. The Kier molecular flexibility index (Phi) is 6.31. The van der Waals surface area contributed by atoms with Crippen molar-refractivity contribution in [2.75, 3.05) is 6.54 Å². The fraction of sp³-hybridized carbons (Fsp3) is 0.714. The Morgan fingerprint density at radius 2 is 2.00 bits per heavy atom. The van der Waals surface area contributed by atoms with Crippen molar-refractivity contribution in [2.45, 2.75) is 58.0 Å². The molecule has 1 saturated carbocycles. The molecule has 0 aromatic carbocycles. The number of halogens is 3. The molecular weight excluding hydrogens is 314 g/mol. The summed E-state index contributed by atoms with van der Waals surface area (Å²) in [5.74, 6) is -0.178. The molecule has 0 radical (unpaired) electrons. The van der Waals surface area contributed by atoms with E-state index in [1.54, 1.807) is 13.8 Å². The van der Waals surface area contributed by atoms with Gasteiger partial charge in [-0.1, -0.05) is 12.8 Å². The van der Waals surface area contributed by atoms with Crippen LogP contribution in [0.4, 0.5) is 8.78 Å². The van der Waals surface area contributed by atoms with E-state index in [2.05, 4.69) is 10.4 Å². The zero-order valence-corrected chi connectivity index (χ0v) is 13.7. The summed E-state index contributed by atoms with van der Waals surface area (Å²) >= 11 is 0. The molecule has 3 N–H and O–H groups in total. The van der Waals surface area contributed by atoms with E-state index in [4.69, 9.17) is 5.73 Å². The van der Waals surface area contributed by atoms with Crippen LogP contribution in [0.1, 0.15) is 49.2 Å². The average molecular weight is 337 g/mol. The van der Waals surface area contributed by atoms with Gasteiger partial charge in [0.05, 0.1) is 17.7 Å². The van der Waals surface area contributed by atoms with E-state index in [-0.39, 0.29) is 30.3 Å². The van der Waals surface area contributed by atoms with Crippen LogP contribution in [0.25, 0.3) is 0 Å². The van der Waals surface area contributed by atoms with E-state index < -0.39 is 6.55 Å². The second-order valence-electron chi connectivity index (χ2n) is 5.79. The first kappa shape index (κ1) is 18.8. The molecule has 1 aromatic heterocycles. The summed E-state index contributed by atoms with van der Waals surface area (Å²) in [6, 6.07) is 0. The van der Waals surface area contributed by atoms with Gasteiger partial charge in [0, 0.05) is 17.8 Å². The van der Waals surface area contributed by atoms with Gasteiger partial charge in [0.15, 0.2) is 0 Å². The molecule has 22 heavy (non-hydrogen) atoms. The first-order valence-corrected chi connectivity index (χ1v) is 7.22. The van der Waals surface area contributed by atoms with Crippen LogP contribution in [-0.4, -0.2) is 27.8 Å². The predicted molar refractivity (Wildman–Crippen MR) is 82.3 cm³/mol. The fourth-order valence-electron chi connectivity index (χ4n) is 3.08. The van der Waals surface area contributed by atoms with Crippen molar-refractivity contribution >= 4 is 18.3 Å². The van der Waals surface area contributed by atoms with Crippen LogP contribution in [0.2, 0.25) is 0 Å². The van der Waals surface area contributed by atoms with Gasteiger partial charge in [0.25, 0.3) is 0 Å². The minimum atomic E-state index is -2.69. The van der Waals surface area contributed by atoms with Crippen LogP contribution in [0, 0.1) is 13.8 Å². The molecule has 0 atom stereocenters. The molecule has 1 heterocycles. The molecule has 1 aliphatic carbocycles. The van der Waals surface area contributed by atoms with E-state index in [0.717, 1.165) is 25.7 Å². The Bertz CT molecular complexity index is 527. The molecular formula is C14H23ClF2N4O. The van der Waals surface area contributed by atoms with Crippen molar-refractivity contribution < 1.29 is 13.6 Å². The lowest BCUT2D eigenvalue weighted by molar-refractivity contribution is -0.122. The Morgan fingerprint density at radius 3 is 2.45 bits per heavy atom. The Labute approximate surface area is 135 Å². The van der Waals surface area contributed by atoms with E-state index in [0.29, 0.717) is 28.2 Å². The number of rotatable bonds is 5. The molecule has 2 rings (SSSR count). The minimum absolute atomic E-state index is 0. The molecule has 0 aliphatic heterocycles. The number of carbonyl (C=O) groups excluding carboxylic acids is 1. The molecule has 5 nitrogen and oxygen atoms in total. The lowest BCUT2D eigenvalue weighted by Crippen LogP contribution is -2.52. The summed E-state index contributed by atoms with van der Waals surface area (Å²) in [4.78, 5) is 12.2. The highest BCUT2D eigenvalue weighted by Crippen LogP contribution is 2.29. The summed E-state index contributed by atoms with van der Waals surface area (Å²) in [6.07, 6.45) is 3.93. The summed E-state index contributed by atoms with van der Waals surface area (Å²) in [7, 11) is 0. The third kappa shape index (κ3) is 3.76. The van der Waals surface area contributed by atoms with Crippen molar-refractivity contribution in [3.05, 3.63) is 17.0 Å². The highest BCUT2D eigenvalue weighted by atomic mass is 35.5. The van der Waals surface area contributed by atoms with Crippen LogP contribution >= 0.6 is 12.4 Å². The van der Waals surface area contributed by atoms with Crippen molar-refractivity contribution in [1.82, 2.24) is 15.1 Å². The molecule has 0 spiro atoms. The van der Waals surface area contributed by atoms with Gasteiger partial charge < -0.3 is 11.1 Å². The lowest BCUT2D eigenvalue weighted by Gasteiger charge is -2.28. The Hall–Kier alpha value is -1.21. The quantitative estimate of drug-likeness (QED) is 0.866. The number of hydrogen-bond donors (Lipinski definition) is 2. The van der Waals surface area contributed by atoms with Crippen LogP contribution in [-0.2, 0) is 11.2 Å². The Balaban J connectivity index is 0.00000242. The number of nitrogens with two attached hydrogens (primary N) is 1. The van der Waals surface area contributed by atoms with E-state index >= 15 is 0 Å². The van der Waals surface area contributed by atoms with E-state index in [1.807, 2.05) is 0 Å². The van der Waals surface area contributed by atoms with Crippen molar-refractivity contribution in [2.24, 2.45) is 5.73 Å². The van der Waals surface area contributed by atoms with Gasteiger partial charge in [-0.3, -0.25) is 4.79 Å². The second kappa shape index (κ2) is 7.37. The molecule has 1 fully saturated rings. The van der Waals surface area contributed by atoms with Crippen LogP contribution in [0.3, 0.4) is 0 Å². The molecule has 0 saturated heterocycles. The summed E-state index contributed by atoms with van der Waals surface area (Å²) in [5.41, 5.74) is 6.84. The first-order valence-electron chi connectivity index (χ1n) is 7.22. The average Bonchev–Trinajstić information content (AvgIpc) is 2.99. The number of hydrogen-bond acceptors (Lipinski definition) is 3. The van der Waals surface area contributed by atoms with Crippen molar-refractivity contribution in [3.63, 3.8) is 0 Å². The maximum Gasteiger partial charge on any atom is 0.333 e. The third-order valence-corrected chi connectivity index (χ3v) is 4.35. The molecule has 0 unspecified atom stereocenters. The molecule has 1 aliphatic rings. The van der Waals surface area contributed by atoms with Gasteiger partial charge in [0.1, 0.15) is 0 Å². The standard InChI is InChI=1S/C14H22F2N4O.ClH/c1-9-11(10(2)20(19-9)13(15)16)7-12(21)18-14(8-17)5-3-4-6-14;/h13H,3-8,17H2,1-2H3,(H,18,21);1H. The number of nitrogens with zero attached hydrogens (tertiary/aromatic N) is 2. The summed E-state index contributed by atoms with van der Waals surface area (Å²) in [5, 5.41) is 6.79. The molecule has 8 heteroatoms. The maximum absolute atomic E-state index is 12.8. The highest BCUT2D eigenvalue weighted by Gasteiger charge is 2.34. The molecule has 1 amide bonds. The lowest BCUT2D eigenvalue weighted by atomic mass is 9.97. The third-order valence-electron chi connectivity index (χ3n) is 4.35. The Morgan fingerprint density at radius 1 is 1.41 bits per heavy atom. The summed E-state index contributed by atoms with van der Waals surface area (Å²) < 4.78 is 26.2. The van der Waals surface area contributed by atoms with Gasteiger partial charge >= 0.3 is 6.55 Å². The zero-order chi connectivity index (χ0) is 15.6. The van der Waals surface area contributed by atoms with Crippen LogP contribution < -0.4 is 11.1 Å². The van der Waals surface area contributed by atoms with Crippen LogP contribution in [0.5, 0.6) is 0 Å². The molecule has 0 bridgehead atoms. The number of amides is 1. The van der Waals surface area contributed by atoms with Gasteiger partial charge in [0.2, 0.25) is 5.91 Å². The van der Waals surface area contributed by atoms with Gasteiger partial charge in [-0.05, 0) is 26.7 Å². The van der Waals surface area contributed by atoms with E-state index in [9.17, 15) is 13.6 Å². The van der Waals surface area contributed by atoms with Crippen molar-refractivity contribution in [1.29, 1.82) is 0 Å². The van der Waals surface area contributed by atoms with Gasteiger partial charge in [-0.15, -0.1) is 12.4 Å². The number of aryl methyl sites for hydroxylation is 1. The van der Waals surface area contributed by atoms with Gasteiger partial charge in [-0.2, -0.15) is 13.9 Å². The van der Waals surface area contributed by atoms with E-state index in [1.165, 1.54) is 0 Å². The van der Waals surface area contributed by atoms with Gasteiger partial charge in [-0.25, -0.2) is 4.68 Å². The van der Waals surface area contributed by atoms with Crippen LogP contribution in [0.15, 0.2) is 0 Å². The van der Waals surface area contributed by atoms with Crippen molar-refractivity contribution in [3.8, 4) is 0 Å². The summed E-state index contributed by atoms with van der Waals surface area (Å²) in [6.45, 7) is 0.921. The predicted octanol–water partition coefficient (Wildman–Crippen LogP) is 2.25. The fourth-order valence-corrected chi connectivity index (χ4v) is 3.08. The molecule has 1 aromatic rings. The smallest absolute Gasteiger partial charge is 0.333 e. The number of aromatic nitrogens is 2. The number of alkyl halides is 2. The largest absolute Gasteiger partial charge is 0.349 e. The zero-order valence-electron chi connectivity index (χ0n) is 12.9. The monoisotopic (exact) mass is 336 g/mol. The minimum Gasteiger partial charge on any atom is -0.349 e. The normalized spacial score (nSPS) is 16.6. The highest BCUT2D eigenvalue weighted by molar-refractivity contribution is 5.85. The topological polar surface area (TPSA) is 72.9 Å². The number of nitrogens with one attached hydrogen (secondary N) is 1. The maximum atomic E-state index is 12.8. The number of carbonyl (C=O) groups is 1.